The minimum Gasteiger partial charge on any atom is -0.388 e. The second-order valence-corrected chi connectivity index (χ2v) is 10.3. The summed E-state index contributed by atoms with van der Waals surface area (Å²) in [5, 5.41) is 15.7. The zero-order valence-electron chi connectivity index (χ0n) is 17.1. The molecule has 2 aromatic carbocycles. The van der Waals surface area contributed by atoms with Gasteiger partial charge in [0.25, 0.3) is 0 Å². The van der Waals surface area contributed by atoms with Gasteiger partial charge < -0.3 is 15.3 Å². The fourth-order valence-corrected chi connectivity index (χ4v) is 5.22. The van der Waals surface area contributed by atoms with Gasteiger partial charge in [0, 0.05) is 31.2 Å². The highest BCUT2D eigenvalue weighted by Crippen LogP contribution is 2.25. The van der Waals surface area contributed by atoms with Gasteiger partial charge in [-0.1, -0.05) is 52.2 Å². The normalized spacial score (nSPS) is 15.9. The van der Waals surface area contributed by atoms with E-state index in [0.29, 0.717) is 59.6 Å². The maximum Gasteiger partial charge on any atom is 0.308 e. The number of rotatable bonds is 6. The average Bonchev–Trinajstić information content (AvgIpc) is 3.05. The summed E-state index contributed by atoms with van der Waals surface area (Å²) >= 11 is 19.1. The van der Waals surface area contributed by atoms with Gasteiger partial charge in [-0.2, -0.15) is 0 Å². The van der Waals surface area contributed by atoms with E-state index < -0.39 is 5.60 Å². The van der Waals surface area contributed by atoms with Crippen molar-refractivity contribution < 1.29 is 9.90 Å². The summed E-state index contributed by atoms with van der Waals surface area (Å²) in [6.07, 6.45) is 0.913. The van der Waals surface area contributed by atoms with Crippen LogP contribution in [0, 0.1) is 0 Å². The van der Waals surface area contributed by atoms with Crippen LogP contribution < -0.4 is 10.2 Å². The fourth-order valence-electron chi connectivity index (χ4n) is 3.86. The molecule has 0 bridgehead atoms. The first kappa shape index (κ1) is 23.5. The van der Waals surface area contributed by atoms with Crippen molar-refractivity contribution in [2.45, 2.75) is 31.5 Å². The monoisotopic (exact) mass is 513 g/mol. The molecule has 1 amide bonds. The van der Waals surface area contributed by atoms with E-state index in [1.165, 1.54) is 4.57 Å². The number of hydrogen-bond donors (Lipinski definition) is 2. The molecule has 1 aliphatic heterocycles. The lowest BCUT2D eigenvalue weighted by molar-refractivity contribution is -0.135. The predicted molar refractivity (Wildman–Crippen MR) is 130 cm³/mol. The first-order chi connectivity index (χ1) is 15.2. The standard InChI is InChI=1S/C22H22Cl3N3O3S/c23-15-2-4-19-18(10-15)28(21(30)32-19)12-20(29)27-7-5-22(31,6-8-27)13-26-11-14-1-3-16(24)17(25)9-14/h1-4,9-10,26,31H,5-8,11-13H2. The summed E-state index contributed by atoms with van der Waals surface area (Å²) in [5.74, 6) is -0.141. The Labute approximate surface area is 204 Å². The molecule has 2 N–H and O–H groups in total. The maximum atomic E-state index is 12.8. The van der Waals surface area contributed by atoms with Crippen LogP contribution in [0.2, 0.25) is 15.1 Å². The van der Waals surface area contributed by atoms with Gasteiger partial charge in [0.05, 0.1) is 25.9 Å². The molecule has 0 spiro atoms. The topological polar surface area (TPSA) is 74.6 Å². The Morgan fingerprint density at radius 3 is 2.56 bits per heavy atom. The largest absolute Gasteiger partial charge is 0.388 e. The van der Waals surface area contributed by atoms with Gasteiger partial charge in [-0.25, -0.2) is 0 Å². The molecule has 10 heteroatoms. The number of fused-ring (bicyclic) bond motifs is 1. The minimum absolute atomic E-state index is 0.0345. The van der Waals surface area contributed by atoms with Crippen molar-refractivity contribution in [3.63, 3.8) is 0 Å². The third-order valence-electron chi connectivity index (χ3n) is 5.74. The summed E-state index contributed by atoms with van der Waals surface area (Å²) in [6, 6.07) is 10.7. The average molecular weight is 515 g/mol. The number of amides is 1. The number of nitrogens with zero attached hydrogens (tertiary/aromatic N) is 2. The van der Waals surface area contributed by atoms with Crippen LogP contribution in [0.5, 0.6) is 0 Å². The van der Waals surface area contributed by atoms with Crippen molar-refractivity contribution in [1.29, 1.82) is 0 Å². The molecule has 3 aromatic rings. The first-order valence-corrected chi connectivity index (χ1v) is 12.1. The molecule has 6 nitrogen and oxygen atoms in total. The second kappa shape index (κ2) is 9.71. The number of carbonyl (C=O) groups excluding carboxylic acids is 1. The van der Waals surface area contributed by atoms with Crippen molar-refractivity contribution in [2.24, 2.45) is 0 Å². The van der Waals surface area contributed by atoms with Gasteiger partial charge in [0.1, 0.15) is 6.54 Å². The maximum absolute atomic E-state index is 12.8. The van der Waals surface area contributed by atoms with E-state index in [-0.39, 0.29) is 17.3 Å². The Balaban J connectivity index is 1.31. The number of carbonyl (C=O) groups is 1. The van der Waals surface area contributed by atoms with E-state index in [1.807, 2.05) is 6.07 Å². The predicted octanol–water partition coefficient (Wildman–Crippen LogP) is 4.17. The number of halogens is 3. The number of benzene rings is 2. The SMILES string of the molecule is O=C(Cn1c(=O)sc2ccc(Cl)cc21)N1CCC(O)(CNCc2ccc(Cl)c(Cl)c2)CC1. The van der Waals surface area contributed by atoms with Crippen LogP contribution in [0.1, 0.15) is 18.4 Å². The number of thiazole rings is 1. The van der Waals surface area contributed by atoms with Crippen molar-refractivity contribution >= 4 is 62.3 Å². The fraction of sp³-hybridized carbons (Fsp3) is 0.364. The molecule has 1 aliphatic rings. The van der Waals surface area contributed by atoms with Crippen molar-refractivity contribution in [3.8, 4) is 0 Å². The van der Waals surface area contributed by atoms with Crippen LogP contribution >= 0.6 is 46.1 Å². The first-order valence-electron chi connectivity index (χ1n) is 10.2. The van der Waals surface area contributed by atoms with Gasteiger partial charge in [-0.15, -0.1) is 0 Å². The van der Waals surface area contributed by atoms with Crippen molar-refractivity contribution in [2.75, 3.05) is 19.6 Å². The van der Waals surface area contributed by atoms with Crippen LogP contribution in [0.15, 0.2) is 41.2 Å². The Hall–Kier alpha value is -1.61. The van der Waals surface area contributed by atoms with Crippen LogP contribution in [0.3, 0.4) is 0 Å². The lowest BCUT2D eigenvalue weighted by Gasteiger charge is -2.38. The molecule has 32 heavy (non-hydrogen) atoms. The van der Waals surface area contributed by atoms with Crippen molar-refractivity contribution in [1.82, 2.24) is 14.8 Å². The summed E-state index contributed by atoms with van der Waals surface area (Å²) in [4.78, 5) is 26.7. The molecule has 0 radical (unpaired) electrons. The van der Waals surface area contributed by atoms with Crippen LogP contribution in [-0.2, 0) is 17.9 Å². The molecule has 4 rings (SSSR count). The zero-order valence-corrected chi connectivity index (χ0v) is 20.2. The molecule has 1 fully saturated rings. The highest BCUT2D eigenvalue weighted by molar-refractivity contribution is 7.16. The highest BCUT2D eigenvalue weighted by Gasteiger charge is 2.33. The third kappa shape index (κ3) is 5.30. The molecule has 0 saturated carbocycles. The Morgan fingerprint density at radius 2 is 1.84 bits per heavy atom. The summed E-state index contributed by atoms with van der Waals surface area (Å²) in [7, 11) is 0. The molecule has 2 heterocycles. The van der Waals surface area contributed by atoms with Gasteiger partial charge in [0.2, 0.25) is 5.91 Å². The quantitative estimate of drug-likeness (QED) is 0.518. The molecule has 0 atom stereocenters. The minimum atomic E-state index is -0.896. The zero-order chi connectivity index (χ0) is 22.9. The van der Waals surface area contributed by atoms with E-state index in [4.69, 9.17) is 34.8 Å². The Kier molecular flexibility index (Phi) is 7.14. The summed E-state index contributed by atoms with van der Waals surface area (Å²) in [5.41, 5.74) is 0.747. The van der Waals surface area contributed by atoms with Crippen LogP contribution in [-0.4, -0.2) is 45.7 Å². The second-order valence-electron chi connectivity index (χ2n) is 8.02. The number of hydrogen-bond acceptors (Lipinski definition) is 5. The number of aromatic nitrogens is 1. The van der Waals surface area contributed by atoms with Gasteiger partial charge in [0.15, 0.2) is 0 Å². The Morgan fingerprint density at radius 1 is 1.09 bits per heavy atom. The number of piperidine rings is 1. The summed E-state index contributed by atoms with van der Waals surface area (Å²) in [6.45, 7) is 1.79. The van der Waals surface area contributed by atoms with E-state index in [2.05, 4.69) is 5.32 Å². The van der Waals surface area contributed by atoms with Gasteiger partial charge in [-0.05, 0) is 48.7 Å². The molecule has 170 valence electrons. The van der Waals surface area contributed by atoms with Crippen molar-refractivity contribution in [3.05, 3.63) is 66.7 Å². The number of nitrogens with one attached hydrogen (secondary N) is 1. The van der Waals surface area contributed by atoms with Gasteiger partial charge in [-0.3, -0.25) is 14.2 Å². The molecular weight excluding hydrogens is 493 g/mol. The van der Waals surface area contributed by atoms with E-state index in [1.54, 1.807) is 35.2 Å². The number of aliphatic hydroxyl groups is 1. The summed E-state index contributed by atoms with van der Waals surface area (Å²) < 4.78 is 2.27. The molecule has 0 unspecified atom stereocenters. The van der Waals surface area contributed by atoms with E-state index in [9.17, 15) is 14.7 Å². The van der Waals surface area contributed by atoms with Crippen LogP contribution in [0.4, 0.5) is 0 Å². The molecular formula is C22H22Cl3N3O3S. The number of likely N-dealkylation sites (tertiary alicyclic amines) is 1. The third-order valence-corrected chi connectivity index (χ3v) is 7.67. The van der Waals surface area contributed by atoms with E-state index in [0.717, 1.165) is 21.6 Å². The Bertz CT molecular complexity index is 1200. The lowest BCUT2D eigenvalue weighted by atomic mass is 9.91. The molecule has 1 aromatic heterocycles. The van der Waals surface area contributed by atoms with Crippen LogP contribution in [0.25, 0.3) is 10.2 Å². The highest BCUT2D eigenvalue weighted by atomic mass is 35.5. The van der Waals surface area contributed by atoms with Gasteiger partial charge >= 0.3 is 4.87 Å². The smallest absolute Gasteiger partial charge is 0.308 e. The molecule has 0 aliphatic carbocycles. The lowest BCUT2D eigenvalue weighted by Crippen LogP contribution is -2.51. The molecule has 1 saturated heterocycles. The van der Waals surface area contributed by atoms with E-state index >= 15 is 0 Å².